The minimum atomic E-state index is -1.67. The molecule has 0 fully saturated rings. The number of para-hydroxylation sites is 1. The molecule has 8 heteroatoms. The molecule has 8 nitrogen and oxygen atoms in total. The van der Waals surface area contributed by atoms with E-state index in [4.69, 9.17) is 20.2 Å². The number of aromatic nitrogens is 2. The van der Waals surface area contributed by atoms with Crippen LogP contribution in [0.3, 0.4) is 0 Å². The third-order valence-corrected chi connectivity index (χ3v) is 6.02. The zero-order chi connectivity index (χ0) is 21.8. The van der Waals surface area contributed by atoms with Crippen molar-refractivity contribution in [2.45, 2.75) is 38.5 Å². The zero-order valence-electron chi connectivity index (χ0n) is 17.0. The SMILES string of the molecule is CC[C@]1(OC(=O)CCN)C(=O)OCc2c1cc1n(c2=O)Cc2cc3ccccc3nc2-1. The third kappa shape index (κ3) is 2.79. The Morgan fingerprint density at radius 1 is 1.29 bits per heavy atom. The largest absolute Gasteiger partial charge is 0.457 e. The van der Waals surface area contributed by atoms with Gasteiger partial charge in [0.1, 0.15) is 6.61 Å². The molecule has 0 saturated heterocycles. The van der Waals surface area contributed by atoms with E-state index in [0.29, 0.717) is 29.1 Å². The van der Waals surface area contributed by atoms with Gasteiger partial charge in [-0.2, -0.15) is 0 Å². The smallest absolute Gasteiger partial charge is 0.355 e. The summed E-state index contributed by atoms with van der Waals surface area (Å²) < 4.78 is 12.5. The van der Waals surface area contributed by atoms with Crippen molar-refractivity contribution in [2.75, 3.05) is 6.54 Å². The highest BCUT2D eigenvalue weighted by molar-refractivity contribution is 5.88. The first-order chi connectivity index (χ1) is 15.0. The summed E-state index contributed by atoms with van der Waals surface area (Å²) in [5.74, 6) is -1.29. The van der Waals surface area contributed by atoms with E-state index < -0.39 is 17.5 Å². The number of cyclic esters (lactones) is 1. The number of carbonyl (C=O) groups excluding carboxylic acids is 2. The Morgan fingerprint density at radius 3 is 2.87 bits per heavy atom. The minimum absolute atomic E-state index is 0.0370. The van der Waals surface area contributed by atoms with E-state index in [0.717, 1.165) is 16.5 Å². The molecule has 31 heavy (non-hydrogen) atoms. The summed E-state index contributed by atoms with van der Waals surface area (Å²) in [5, 5.41) is 0.990. The standard InChI is InChI=1S/C23H21N3O5/c1-2-23(31-19(27)7-8-24)16-10-18-20-14(9-13-5-3-4-6-17(13)25-20)11-26(18)21(28)15(16)12-30-22(23)29/h3-6,9-10H,2,7-8,11-12,24H2,1H3/t23-/m1/s1. The Bertz CT molecular complexity index is 1310. The molecular formula is C23H21N3O5. The lowest BCUT2D eigenvalue weighted by Crippen LogP contribution is -2.47. The fraction of sp³-hybridized carbons (Fsp3) is 0.304. The predicted octanol–water partition coefficient (Wildman–Crippen LogP) is 1.98. The maximum Gasteiger partial charge on any atom is 0.355 e. The van der Waals surface area contributed by atoms with Gasteiger partial charge in [0, 0.05) is 23.1 Å². The first-order valence-electron chi connectivity index (χ1n) is 10.2. The Morgan fingerprint density at radius 2 is 2.10 bits per heavy atom. The molecular weight excluding hydrogens is 398 g/mol. The van der Waals surface area contributed by atoms with Crippen LogP contribution in [0.4, 0.5) is 0 Å². The fourth-order valence-electron chi connectivity index (χ4n) is 4.45. The van der Waals surface area contributed by atoms with Crippen LogP contribution in [0, 0.1) is 0 Å². The van der Waals surface area contributed by atoms with Crippen molar-refractivity contribution in [3.63, 3.8) is 0 Å². The number of nitrogens with two attached hydrogens (primary N) is 1. The molecule has 0 amide bonds. The Labute approximate surface area is 177 Å². The second-order valence-electron chi connectivity index (χ2n) is 7.77. The number of rotatable bonds is 4. The summed E-state index contributed by atoms with van der Waals surface area (Å²) in [6.07, 6.45) is 0.0979. The number of benzene rings is 1. The van der Waals surface area contributed by atoms with E-state index in [2.05, 4.69) is 0 Å². The highest BCUT2D eigenvalue weighted by Gasteiger charge is 2.50. The number of pyridine rings is 2. The lowest BCUT2D eigenvalue weighted by molar-refractivity contribution is -0.189. The molecule has 0 aliphatic carbocycles. The van der Waals surface area contributed by atoms with Crippen LogP contribution < -0.4 is 11.3 Å². The van der Waals surface area contributed by atoms with Gasteiger partial charge in [0.15, 0.2) is 0 Å². The molecule has 2 aliphatic rings. The molecule has 0 bridgehead atoms. The molecule has 0 spiro atoms. The van der Waals surface area contributed by atoms with Gasteiger partial charge in [0.2, 0.25) is 5.60 Å². The quantitative estimate of drug-likeness (QED) is 0.503. The first kappa shape index (κ1) is 19.4. The van der Waals surface area contributed by atoms with Crippen molar-refractivity contribution >= 4 is 22.8 Å². The van der Waals surface area contributed by atoms with E-state index in [-0.39, 0.29) is 31.6 Å². The van der Waals surface area contributed by atoms with E-state index >= 15 is 0 Å². The summed E-state index contributed by atoms with van der Waals surface area (Å²) in [6.45, 7) is 2.04. The van der Waals surface area contributed by atoms with Crippen LogP contribution in [0.1, 0.15) is 36.5 Å². The lowest BCUT2D eigenvalue weighted by Gasteiger charge is -2.35. The van der Waals surface area contributed by atoms with Gasteiger partial charge in [0.25, 0.3) is 5.56 Å². The topological polar surface area (TPSA) is 114 Å². The third-order valence-electron chi connectivity index (χ3n) is 6.02. The van der Waals surface area contributed by atoms with Gasteiger partial charge in [-0.15, -0.1) is 0 Å². The Hall–Kier alpha value is -3.52. The van der Waals surface area contributed by atoms with Gasteiger partial charge in [-0.3, -0.25) is 9.59 Å². The first-order valence-corrected chi connectivity index (χ1v) is 10.2. The molecule has 5 rings (SSSR count). The summed E-state index contributed by atoms with van der Waals surface area (Å²) in [7, 11) is 0. The highest BCUT2D eigenvalue weighted by atomic mass is 16.6. The number of nitrogens with zero attached hydrogens (tertiary/aromatic N) is 2. The summed E-state index contributed by atoms with van der Waals surface area (Å²) in [5.41, 5.74) is 7.25. The van der Waals surface area contributed by atoms with Crippen molar-refractivity contribution in [3.8, 4) is 11.4 Å². The van der Waals surface area contributed by atoms with E-state index in [9.17, 15) is 14.4 Å². The summed E-state index contributed by atoms with van der Waals surface area (Å²) in [6, 6.07) is 11.5. The average Bonchev–Trinajstić information content (AvgIpc) is 3.12. The van der Waals surface area contributed by atoms with Gasteiger partial charge < -0.3 is 19.8 Å². The minimum Gasteiger partial charge on any atom is -0.457 e. The maximum absolute atomic E-state index is 13.4. The average molecular weight is 419 g/mol. The molecule has 1 aromatic carbocycles. The van der Waals surface area contributed by atoms with Crippen molar-refractivity contribution < 1.29 is 19.1 Å². The van der Waals surface area contributed by atoms with Gasteiger partial charge in [-0.1, -0.05) is 25.1 Å². The van der Waals surface area contributed by atoms with Crippen molar-refractivity contribution in [2.24, 2.45) is 5.73 Å². The van der Waals surface area contributed by atoms with Crippen LogP contribution in [0.2, 0.25) is 0 Å². The van der Waals surface area contributed by atoms with Crippen LogP contribution in [-0.4, -0.2) is 28.0 Å². The highest BCUT2D eigenvalue weighted by Crippen LogP contribution is 2.41. The fourth-order valence-corrected chi connectivity index (χ4v) is 4.45. The summed E-state index contributed by atoms with van der Waals surface area (Å²) >= 11 is 0. The molecule has 1 atom stereocenters. The molecule has 0 radical (unpaired) electrons. The van der Waals surface area contributed by atoms with Crippen LogP contribution in [0.5, 0.6) is 0 Å². The van der Waals surface area contributed by atoms with Crippen LogP contribution in [0.15, 0.2) is 41.2 Å². The van der Waals surface area contributed by atoms with Crippen LogP contribution in [-0.2, 0) is 37.8 Å². The zero-order valence-corrected chi connectivity index (χ0v) is 17.0. The van der Waals surface area contributed by atoms with Crippen molar-refractivity contribution in [3.05, 3.63) is 63.4 Å². The number of hydrogen-bond acceptors (Lipinski definition) is 7. The normalized spacial score (nSPS) is 18.8. The predicted molar refractivity (Wildman–Crippen MR) is 112 cm³/mol. The van der Waals surface area contributed by atoms with Crippen LogP contribution >= 0.6 is 0 Å². The number of fused-ring (bicyclic) bond motifs is 5. The van der Waals surface area contributed by atoms with Crippen LogP contribution in [0.25, 0.3) is 22.3 Å². The molecule has 2 aliphatic heterocycles. The molecule has 2 aromatic heterocycles. The second-order valence-corrected chi connectivity index (χ2v) is 7.77. The van der Waals surface area contributed by atoms with E-state index in [1.54, 1.807) is 17.6 Å². The molecule has 0 saturated carbocycles. The van der Waals surface area contributed by atoms with Crippen molar-refractivity contribution in [1.82, 2.24) is 9.55 Å². The molecule has 158 valence electrons. The number of ether oxygens (including phenoxy) is 2. The number of carbonyl (C=O) groups is 2. The van der Waals surface area contributed by atoms with Gasteiger partial charge >= 0.3 is 11.9 Å². The monoisotopic (exact) mass is 419 g/mol. The summed E-state index contributed by atoms with van der Waals surface area (Å²) in [4.78, 5) is 43.3. The van der Waals surface area contributed by atoms with Gasteiger partial charge in [-0.25, -0.2) is 9.78 Å². The molecule has 4 heterocycles. The number of hydrogen-bond donors (Lipinski definition) is 1. The van der Waals surface area contributed by atoms with E-state index in [1.165, 1.54) is 0 Å². The molecule has 2 N–H and O–H groups in total. The lowest BCUT2D eigenvalue weighted by atomic mass is 9.85. The van der Waals surface area contributed by atoms with Crippen molar-refractivity contribution in [1.29, 1.82) is 0 Å². The van der Waals surface area contributed by atoms with E-state index in [1.807, 2.05) is 30.3 Å². The van der Waals surface area contributed by atoms with Gasteiger partial charge in [-0.05, 0) is 24.6 Å². The Kier molecular flexibility index (Phi) is 4.40. The van der Waals surface area contributed by atoms with Gasteiger partial charge in [0.05, 0.1) is 35.4 Å². The second kappa shape index (κ2) is 7.02. The number of esters is 2. The Balaban J connectivity index is 1.73. The molecule has 0 unspecified atom stereocenters. The molecule has 3 aromatic rings. The maximum atomic E-state index is 13.4.